The summed E-state index contributed by atoms with van der Waals surface area (Å²) in [5.74, 6) is -0.478. The van der Waals surface area contributed by atoms with Crippen molar-refractivity contribution in [3.63, 3.8) is 0 Å². The summed E-state index contributed by atoms with van der Waals surface area (Å²) in [5.41, 5.74) is 0. The van der Waals surface area contributed by atoms with Gasteiger partial charge in [-0.15, -0.1) is 0 Å². The van der Waals surface area contributed by atoms with Crippen LogP contribution in [0, 0.1) is 0 Å². The molecule has 2 aliphatic rings. The zero-order valence-corrected chi connectivity index (χ0v) is 11.5. The number of rotatable bonds is 2. The minimum atomic E-state index is -0.394. The summed E-state index contributed by atoms with van der Waals surface area (Å²) in [4.78, 5) is 39.6. The van der Waals surface area contributed by atoms with Gasteiger partial charge in [0.25, 0.3) is 5.91 Å². The fraction of sp³-hybridized carbons (Fsp3) is 0.750. The van der Waals surface area contributed by atoms with Crippen LogP contribution in [0.25, 0.3) is 0 Å². The smallest absolute Gasteiger partial charge is 0.327 e. The van der Waals surface area contributed by atoms with E-state index >= 15 is 0 Å². The number of imide groups is 1. The van der Waals surface area contributed by atoms with Crippen LogP contribution in [0.1, 0.15) is 13.8 Å². The van der Waals surface area contributed by atoms with Crippen LogP contribution < -0.4 is 5.32 Å². The van der Waals surface area contributed by atoms with E-state index in [9.17, 15) is 14.4 Å². The molecule has 2 rings (SSSR count). The van der Waals surface area contributed by atoms with Gasteiger partial charge in [0.15, 0.2) is 0 Å². The van der Waals surface area contributed by atoms with Gasteiger partial charge < -0.3 is 15.1 Å². The summed E-state index contributed by atoms with van der Waals surface area (Å²) in [6.45, 7) is 5.14. The first-order chi connectivity index (χ1) is 8.88. The summed E-state index contributed by atoms with van der Waals surface area (Å²) in [7, 11) is 1.56. The van der Waals surface area contributed by atoms with Crippen LogP contribution in [-0.4, -0.2) is 77.9 Å². The lowest BCUT2D eigenvalue weighted by Gasteiger charge is -2.36. The topological polar surface area (TPSA) is 73.0 Å². The molecule has 2 fully saturated rings. The molecule has 0 aromatic rings. The summed E-state index contributed by atoms with van der Waals surface area (Å²) in [6.07, 6.45) is 0. The van der Waals surface area contributed by atoms with Crippen molar-refractivity contribution in [1.29, 1.82) is 0 Å². The maximum Gasteiger partial charge on any atom is 0.327 e. The molecule has 2 heterocycles. The molecule has 2 aliphatic heterocycles. The average Bonchev–Trinajstić information content (AvgIpc) is 2.54. The van der Waals surface area contributed by atoms with E-state index in [0.29, 0.717) is 13.1 Å². The minimum Gasteiger partial charge on any atom is -0.338 e. The van der Waals surface area contributed by atoms with E-state index in [1.165, 1.54) is 4.90 Å². The largest absolute Gasteiger partial charge is 0.338 e. The third kappa shape index (κ3) is 2.86. The number of nitrogens with one attached hydrogen (secondary N) is 1. The van der Waals surface area contributed by atoms with Crippen LogP contribution in [0.2, 0.25) is 0 Å². The number of hydrogen-bond donors (Lipinski definition) is 1. The molecule has 0 aliphatic carbocycles. The Labute approximate surface area is 112 Å². The zero-order chi connectivity index (χ0) is 14.2. The number of carbonyl (C=O) groups excluding carboxylic acids is 3. The predicted octanol–water partition coefficient (Wildman–Crippen LogP) is -0.911. The molecule has 2 atom stereocenters. The van der Waals surface area contributed by atoms with E-state index in [-0.39, 0.29) is 37.0 Å². The number of urea groups is 1. The van der Waals surface area contributed by atoms with Crippen molar-refractivity contribution in [3.8, 4) is 0 Å². The molecule has 0 unspecified atom stereocenters. The van der Waals surface area contributed by atoms with Gasteiger partial charge in [-0.2, -0.15) is 0 Å². The monoisotopic (exact) mass is 268 g/mol. The highest BCUT2D eigenvalue weighted by molar-refractivity contribution is 6.04. The molecule has 0 radical (unpaired) electrons. The Bertz CT molecular complexity index is 402. The Hall–Kier alpha value is -1.63. The normalized spacial score (nSPS) is 28.3. The summed E-state index contributed by atoms with van der Waals surface area (Å²) >= 11 is 0. The van der Waals surface area contributed by atoms with Gasteiger partial charge in [0.1, 0.15) is 13.1 Å². The van der Waals surface area contributed by atoms with Gasteiger partial charge in [-0.05, 0) is 13.8 Å². The van der Waals surface area contributed by atoms with E-state index < -0.39 is 6.03 Å². The molecule has 7 nitrogen and oxygen atoms in total. The van der Waals surface area contributed by atoms with Gasteiger partial charge in [0.05, 0.1) is 0 Å². The van der Waals surface area contributed by atoms with E-state index in [2.05, 4.69) is 5.32 Å². The number of amides is 4. The van der Waals surface area contributed by atoms with Crippen molar-refractivity contribution in [2.45, 2.75) is 25.9 Å². The molecular weight excluding hydrogens is 248 g/mol. The Morgan fingerprint density at radius 2 is 1.84 bits per heavy atom. The van der Waals surface area contributed by atoms with Gasteiger partial charge in [-0.3, -0.25) is 14.5 Å². The van der Waals surface area contributed by atoms with E-state index in [4.69, 9.17) is 0 Å². The molecule has 0 bridgehead atoms. The molecule has 2 saturated heterocycles. The van der Waals surface area contributed by atoms with Crippen molar-refractivity contribution in [3.05, 3.63) is 0 Å². The van der Waals surface area contributed by atoms with Crippen LogP contribution in [0.4, 0.5) is 4.79 Å². The second-order valence-corrected chi connectivity index (χ2v) is 5.39. The lowest BCUT2D eigenvalue weighted by atomic mass is 10.1. The van der Waals surface area contributed by atoms with Crippen molar-refractivity contribution in [2.75, 3.05) is 33.2 Å². The second-order valence-electron chi connectivity index (χ2n) is 5.39. The number of nitrogens with zero attached hydrogens (tertiary/aromatic N) is 3. The van der Waals surface area contributed by atoms with Crippen LogP contribution in [0.3, 0.4) is 0 Å². The number of hydrogen-bond acceptors (Lipinski definition) is 4. The van der Waals surface area contributed by atoms with Crippen LogP contribution >= 0.6 is 0 Å². The molecule has 0 saturated carbocycles. The van der Waals surface area contributed by atoms with Crippen molar-refractivity contribution in [2.24, 2.45) is 0 Å². The lowest BCUT2D eigenvalue weighted by molar-refractivity contribution is -0.137. The SMILES string of the molecule is C[C@H]1CN(C(=O)CN2C(=O)CN(C)C2=O)C[C@H](C)N1. The van der Waals surface area contributed by atoms with E-state index in [1.807, 2.05) is 13.8 Å². The van der Waals surface area contributed by atoms with Gasteiger partial charge in [-0.25, -0.2) is 4.79 Å². The molecule has 106 valence electrons. The highest BCUT2D eigenvalue weighted by atomic mass is 16.2. The summed E-state index contributed by atoms with van der Waals surface area (Å²) in [5, 5.41) is 3.33. The Morgan fingerprint density at radius 3 is 2.32 bits per heavy atom. The molecule has 7 heteroatoms. The lowest BCUT2D eigenvalue weighted by Crippen LogP contribution is -2.57. The first-order valence-electron chi connectivity index (χ1n) is 6.47. The predicted molar refractivity (Wildman–Crippen MR) is 68.4 cm³/mol. The standard InChI is InChI=1S/C12H20N4O3/c1-8-4-15(5-9(2)13-8)10(17)7-16-11(18)6-14(3)12(16)19/h8-9,13H,4-7H2,1-3H3/t8-,9-/m0/s1. The van der Waals surface area contributed by atoms with Crippen molar-refractivity contribution < 1.29 is 14.4 Å². The Kier molecular flexibility index (Phi) is 3.75. The second kappa shape index (κ2) is 5.16. The van der Waals surface area contributed by atoms with E-state index in [0.717, 1.165) is 4.90 Å². The number of carbonyl (C=O) groups is 3. The highest BCUT2D eigenvalue weighted by Gasteiger charge is 2.36. The first kappa shape index (κ1) is 13.8. The Morgan fingerprint density at radius 1 is 1.26 bits per heavy atom. The third-order valence-electron chi connectivity index (χ3n) is 3.43. The first-order valence-corrected chi connectivity index (χ1v) is 6.47. The van der Waals surface area contributed by atoms with E-state index in [1.54, 1.807) is 11.9 Å². The molecule has 19 heavy (non-hydrogen) atoms. The van der Waals surface area contributed by atoms with Crippen LogP contribution in [0.15, 0.2) is 0 Å². The quantitative estimate of drug-likeness (QED) is 0.658. The maximum atomic E-state index is 12.2. The molecule has 0 aromatic heterocycles. The van der Waals surface area contributed by atoms with Crippen molar-refractivity contribution in [1.82, 2.24) is 20.0 Å². The molecule has 0 spiro atoms. The summed E-state index contributed by atoms with van der Waals surface area (Å²) < 4.78 is 0. The number of piperazine rings is 1. The van der Waals surface area contributed by atoms with Gasteiger partial charge in [0.2, 0.25) is 5.91 Å². The average molecular weight is 268 g/mol. The van der Waals surface area contributed by atoms with Crippen LogP contribution in [0.5, 0.6) is 0 Å². The maximum absolute atomic E-state index is 12.2. The molecule has 1 N–H and O–H groups in total. The fourth-order valence-electron chi connectivity index (χ4n) is 2.59. The Balaban J connectivity index is 1.97. The minimum absolute atomic E-state index is 0.0560. The van der Waals surface area contributed by atoms with Gasteiger partial charge in [-0.1, -0.05) is 0 Å². The number of likely N-dealkylation sites (N-methyl/N-ethyl adjacent to an activating group) is 1. The molecular formula is C12H20N4O3. The van der Waals surface area contributed by atoms with Gasteiger partial charge >= 0.3 is 6.03 Å². The van der Waals surface area contributed by atoms with Crippen molar-refractivity contribution >= 4 is 17.8 Å². The summed E-state index contributed by atoms with van der Waals surface area (Å²) in [6, 6.07) is 0.0512. The third-order valence-corrected chi connectivity index (χ3v) is 3.43. The van der Waals surface area contributed by atoms with Gasteiger partial charge in [0, 0.05) is 32.2 Å². The molecule has 4 amide bonds. The fourth-order valence-corrected chi connectivity index (χ4v) is 2.59. The van der Waals surface area contributed by atoms with Crippen LogP contribution in [-0.2, 0) is 9.59 Å². The molecule has 0 aromatic carbocycles. The zero-order valence-electron chi connectivity index (χ0n) is 11.5. The highest BCUT2D eigenvalue weighted by Crippen LogP contribution is 2.10.